The van der Waals surface area contributed by atoms with Crippen LogP contribution in [0.3, 0.4) is 0 Å². The second-order valence-electron chi connectivity index (χ2n) is 5.42. The SMILES string of the molecule is CCOC(=O)C(NC1CCCCC1)c1ccc(C)nc1. The molecule has 0 bridgehead atoms. The molecule has 2 rings (SSSR count). The van der Waals surface area contributed by atoms with Crippen LogP contribution in [0.25, 0.3) is 0 Å². The van der Waals surface area contributed by atoms with E-state index in [1.165, 1.54) is 19.3 Å². The third kappa shape index (κ3) is 4.04. The number of hydrogen-bond acceptors (Lipinski definition) is 4. The number of rotatable bonds is 5. The molecule has 20 heavy (non-hydrogen) atoms. The predicted molar refractivity (Wildman–Crippen MR) is 78.4 cm³/mol. The molecule has 110 valence electrons. The van der Waals surface area contributed by atoms with Gasteiger partial charge in [-0.05, 0) is 38.3 Å². The van der Waals surface area contributed by atoms with Gasteiger partial charge in [0.15, 0.2) is 0 Å². The molecule has 1 N–H and O–H groups in total. The highest BCUT2D eigenvalue weighted by atomic mass is 16.5. The lowest BCUT2D eigenvalue weighted by molar-refractivity contribution is -0.146. The lowest BCUT2D eigenvalue weighted by Crippen LogP contribution is -2.39. The monoisotopic (exact) mass is 276 g/mol. The number of aryl methyl sites for hydroxylation is 1. The summed E-state index contributed by atoms with van der Waals surface area (Å²) in [6.07, 6.45) is 7.81. The molecule has 4 nitrogen and oxygen atoms in total. The zero-order valence-corrected chi connectivity index (χ0v) is 12.4. The molecule has 0 amide bonds. The van der Waals surface area contributed by atoms with E-state index >= 15 is 0 Å². The van der Waals surface area contributed by atoms with Crippen molar-refractivity contribution >= 4 is 5.97 Å². The molecule has 1 aliphatic carbocycles. The highest BCUT2D eigenvalue weighted by Crippen LogP contribution is 2.22. The van der Waals surface area contributed by atoms with E-state index in [0.29, 0.717) is 12.6 Å². The first kappa shape index (κ1) is 15.0. The maximum absolute atomic E-state index is 12.2. The molecular formula is C16H24N2O2. The van der Waals surface area contributed by atoms with Gasteiger partial charge in [-0.3, -0.25) is 10.3 Å². The molecule has 0 spiro atoms. The van der Waals surface area contributed by atoms with Crippen molar-refractivity contribution in [1.29, 1.82) is 0 Å². The van der Waals surface area contributed by atoms with Gasteiger partial charge in [0.1, 0.15) is 6.04 Å². The molecule has 1 unspecified atom stereocenters. The van der Waals surface area contributed by atoms with E-state index in [4.69, 9.17) is 4.74 Å². The van der Waals surface area contributed by atoms with Gasteiger partial charge in [0.25, 0.3) is 0 Å². The molecule has 0 aliphatic heterocycles. The Balaban J connectivity index is 2.10. The van der Waals surface area contributed by atoms with E-state index in [1.807, 2.05) is 26.0 Å². The van der Waals surface area contributed by atoms with Gasteiger partial charge in [0.2, 0.25) is 0 Å². The maximum atomic E-state index is 12.2. The van der Waals surface area contributed by atoms with Crippen LogP contribution >= 0.6 is 0 Å². The highest BCUT2D eigenvalue weighted by molar-refractivity contribution is 5.77. The summed E-state index contributed by atoms with van der Waals surface area (Å²) in [5, 5.41) is 3.46. The zero-order chi connectivity index (χ0) is 14.4. The van der Waals surface area contributed by atoms with Crippen molar-refractivity contribution in [2.24, 2.45) is 0 Å². The maximum Gasteiger partial charge on any atom is 0.327 e. The number of nitrogens with zero attached hydrogens (tertiary/aromatic N) is 1. The third-order valence-electron chi connectivity index (χ3n) is 3.80. The minimum atomic E-state index is -0.397. The van der Waals surface area contributed by atoms with E-state index in [2.05, 4.69) is 10.3 Å². The predicted octanol–water partition coefficient (Wildman–Crippen LogP) is 2.92. The molecule has 1 fully saturated rings. The molecule has 0 radical (unpaired) electrons. The largest absolute Gasteiger partial charge is 0.465 e. The van der Waals surface area contributed by atoms with Crippen molar-refractivity contribution in [1.82, 2.24) is 10.3 Å². The van der Waals surface area contributed by atoms with Gasteiger partial charge in [-0.25, -0.2) is 4.79 Å². The number of carbonyl (C=O) groups excluding carboxylic acids is 1. The first-order valence-corrected chi connectivity index (χ1v) is 7.56. The molecule has 0 saturated heterocycles. The normalized spacial score (nSPS) is 17.7. The van der Waals surface area contributed by atoms with Crippen LogP contribution in [-0.2, 0) is 9.53 Å². The number of aromatic nitrogens is 1. The second kappa shape index (κ2) is 7.39. The Bertz CT molecular complexity index is 425. The Hall–Kier alpha value is -1.42. The summed E-state index contributed by atoms with van der Waals surface area (Å²) in [6, 6.07) is 3.90. The number of esters is 1. The summed E-state index contributed by atoms with van der Waals surface area (Å²) in [7, 11) is 0. The molecule has 4 heteroatoms. The van der Waals surface area contributed by atoms with Crippen molar-refractivity contribution in [3.05, 3.63) is 29.6 Å². The fourth-order valence-corrected chi connectivity index (χ4v) is 2.68. The number of nitrogens with one attached hydrogen (secondary N) is 1. The lowest BCUT2D eigenvalue weighted by Gasteiger charge is -2.27. The van der Waals surface area contributed by atoms with E-state index in [-0.39, 0.29) is 5.97 Å². The smallest absolute Gasteiger partial charge is 0.327 e. The number of ether oxygens (including phenoxy) is 1. The van der Waals surface area contributed by atoms with Crippen molar-refractivity contribution < 1.29 is 9.53 Å². The van der Waals surface area contributed by atoms with Crippen molar-refractivity contribution in [2.45, 2.75) is 58.0 Å². The van der Waals surface area contributed by atoms with Gasteiger partial charge >= 0.3 is 5.97 Å². The third-order valence-corrected chi connectivity index (χ3v) is 3.80. The quantitative estimate of drug-likeness (QED) is 0.840. The van der Waals surface area contributed by atoms with Gasteiger partial charge in [0, 0.05) is 17.9 Å². The van der Waals surface area contributed by atoms with Crippen LogP contribution in [-0.4, -0.2) is 23.6 Å². The van der Waals surface area contributed by atoms with Crippen molar-refractivity contribution in [2.75, 3.05) is 6.61 Å². The van der Waals surface area contributed by atoms with E-state index in [9.17, 15) is 4.79 Å². The summed E-state index contributed by atoms with van der Waals surface area (Å²) >= 11 is 0. The topological polar surface area (TPSA) is 51.2 Å². The molecule has 1 atom stereocenters. The molecule has 0 aromatic carbocycles. The van der Waals surface area contributed by atoms with Crippen LogP contribution in [0.4, 0.5) is 0 Å². The standard InChI is InChI=1S/C16H24N2O2/c1-3-20-16(19)15(13-10-9-12(2)17-11-13)18-14-7-5-4-6-8-14/h9-11,14-15,18H,3-8H2,1-2H3. The van der Waals surface area contributed by atoms with E-state index in [1.54, 1.807) is 6.20 Å². The van der Waals surface area contributed by atoms with Crippen LogP contribution in [0.15, 0.2) is 18.3 Å². The van der Waals surface area contributed by atoms with Crippen LogP contribution in [0.5, 0.6) is 0 Å². The van der Waals surface area contributed by atoms with Crippen molar-refractivity contribution in [3.63, 3.8) is 0 Å². The molecular weight excluding hydrogens is 252 g/mol. The summed E-state index contributed by atoms with van der Waals surface area (Å²) in [5.41, 5.74) is 1.84. The average molecular weight is 276 g/mol. The summed E-state index contributed by atoms with van der Waals surface area (Å²) in [6.45, 7) is 4.18. The fraction of sp³-hybridized carbons (Fsp3) is 0.625. The molecule has 1 aromatic heterocycles. The Kier molecular flexibility index (Phi) is 5.53. The zero-order valence-electron chi connectivity index (χ0n) is 12.4. The Morgan fingerprint density at radius 3 is 2.75 bits per heavy atom. The van der Waals surface area contributed by atoms with Crippen molar-refractivity contribution in [3.8, 4) is 0 Å². The second-order valence-corrected chi connectivity index (χ2v) is 5.42. The molecule has 1 aromatic rings. The van der Waals surface area contributed by atoms with Gasteiger partial charge in [-0.15, -0.1) is 0 Å². The van der Waals surface area contributed by atoms with Crippen LogP contribution < -0.4 is 5.32 Å². The summed E-state index contributed by atoms with van der Waals surface area (Å²) in [4.78, 5) is 16.5. The lowest BCUT2D eigenvalue weighted by atomic mass is 9.94. The Morgan fingerprint density at radius 2 is 2.15 bits per heavy atom. The minimum absolute atomic E-state index is 0.205. The van der Waals surface area contributed by atoms with E-state index < -0.39 is 6.04 Å². The minimum Gasteiger partial charge on any atom is -0.465 e. The highest BCUT2D eigenvalue weighted by Gasteiger charge is 2.26. The van der Waals surface area contributed by atoms with Gasteiger partial charge in [-0.2, -0.15) is 0 Å². The molecule has 1 aliphatic rings. The van der Waals surface area contributed by atoms with Crippen LogP contribution in [0.1, 0.15) is 56.3 Å². The first-order valence-electron chi connectivity index (χ1n) is 7.56. The molecule has 1 saturated carbocycles. The first-order chi connectivity index (χ1) is 9.70. The van der Waals surface area contributed by atoms with Crippen LogP contribution in [0.2, 0.25) is 0 Å². The Labute approximate surface area is 120 Å². The van der Waals surface area contributed by atoms with Gasteiger partial charge in [0.05, 0.1) is 6.61 Å². The number of carbonyl (C=O) groups is 1. The van der Waals surface area contributed by atoms with Gasteiger partial charge < -0.3 is 4.74 Å². The van der Waals surface area contributed by atoms with Gasteiger partial charge in [-0.1, -0.05) is 25.3 Å². The number of pyridine rings is 1. The summed E-state index contributed by atoms with van der Waals surface area (Å²) < 4.78 is 5.20. The van der Waals surface area contributed by atoms with E-state index in [0.717, 1.165) is 24.1 Å². The number of hydrogen-bond donors (Lipinski definition) is 1. The van der Waals surface area contributed by atoms with Crippen LogP contribution in [0, 0.1) is 6.92 Å². The fourth-order valence-electron chi connectivity index (χ4n) is 2.68. The molecule has 1 heterocycles. The summed E-state index contributed by atoms with van der Waals surface area (Å²) in [5.74, 6) is -0.205. The average Bonchev–Trinajstić information content (AvgIpc) is 2.47. The Morgan fingerprint density at radius 1 is 1.40 bits per heavy atom.